The molecule has 0 aliphatic rings. The lowest BCUT2D eigenvalue weighted by Gasteiger charge is -2.09. The number of carbonyl (C=O) groups is 2. The number of ether oxygens (including phenoxy) is 1. The average molecular weight is 225 g/mol. The van der Waals surface area contributed by atoms with Crippen molar-refractivity contribution in [3.8, 4) is 5.88 Å². The van der Waals surface area contributed by atoms with E-state index >= 15 is 0 Å². The van der Waals surface area contributed by atoms with Crippen LogP contribution in [0.2, 0.25) is 0 Å². The van der Waals surface area contributed by atoms with Gasteiger partial charge in [0.2, 0.25) is 5.88 Å². The van der Waals surface area contributed by atoms with Gasteiger partial charge < -0.3 is 14.9 Å². The summed E-state index contributed by atoms with van der Waals surface area (Å²) in [4.78, 5) is 25.3. The van der Waals surface area contributed by atoms with Crippen LogP contribution in [-0.2, 0) is 0 Å². The lowest BCUT2D eigenvalue weighted by Crippen LogP contribution is -2.11. The summed E-state index contributed by atoms with van der Waals surface area (Å²) < 4.78 is 5.01. The van der Waals surface area contributed by atoms with Crippen molar-refractivity contribution in [3.05, 3.63) is 22.9 Å². The number of pyridine rings is 1. The summed E-state index contributed by atoms with van der Waals surface area (Å²) in [6.07, 6.45) is 0. The number of carboxylic acids is 2. The normalized spacial score (nSPS) is 9.88. The van der Waals surface area contributed by atoms with E-state index in [2.05, 4.69) is 4.98 Å². The third kappa shape index (κ3) is 2.28. The summed E-state index contributed by atoms with van der Waals surface area (Å²) in [5.74, 6) is -2.57. The fourth-order valence-electron chi connectivity index (χ4n) is 1.25. The summed E-state index contributed by atoms with van der Waals surface area (Å²) in [6, 6.07) is 1.20. The van der Waals surface area contributed by atoms with Gasteiger partial charge in [-0.25, -0.2) is 14.6 Å². The van der Waals surface area contributed by atoms with Gasteiger partial charge in [0.1, 0.15) is 5.56 Å². The van der Waals surface area contributed by atoms with Crippen molar-refractivity contribution in [3.63, 3.8) is 0 Å². The van der Waals surface area contributed by atoms with E-state index in [4.69, 9.17) is 14.9 Å². The number of hydrogen-bond acceptors (Lipinski definition) is 4. The maximum Gasteiger partial charge on any atom is 0.354 e. The highest BCUT2D eigenvalue weighted by Crippen LogP contribution is 2.21. The molecular formula is C10H11NO5. The lowest BCUT2D eigenvalue weighted by molar-refractivity contribution is 0.0669. The maximum absolute atomic E-state index is 10.9. The van der Waals surface area contributed by atoms with Crippen LogP contribution in [0.25, 0.3) is 0 Å². The molecule has 0 aromatic carbocycles. The average Bonchev–Trinajstić information content (AvgIpc) is 2.16. The second-order valence-corrected chi connectivity index (χ2v) is 3.05. The number of carboxylic acid groups (broad SMARTS) is 2. The van der Waals surface area contributed by atoms with Crippen molar-refractivity contribution in [2.75, 3.05) is 6.61 Å². The molecule has 2 N–H and O–H groups in total. The van der Waals surface area contributed by atoms with Crippen LogP contribution in [-0.4, -0.2) is 33.7 Å². The molecule has 0 fully saturated rings. The van der Waals surface area contributed by atoms with Gasteiger partial charge in [0.05, 0.1) is 6.61 Å². The summed E-state index contributed by atoms with van der Waals surface area (Å²) in [7, 11) is 0. The third-order valence-electron chi connectivity index (χ3n) is 1.90. The molecule has 0 aliphatic carbocycles. The minimum absolute atomic E-state index is 0.105. The monoisotopic (exact) mass is 225 g/mol. The Balaban J connectivity index is 3.38. The molecule has 0 spiro atoms. The Bertz CT molecular complexity index is 441. The molecule has 1 rings (SSSR count). The van der Waals surface area contributed by atoms with E-state index in [0.29, 0.717) is 5.56 Å². The van der Waals surface area contributed by atoms with Gasteiger partial charge in [-0.15, -0.1) is 0 Å². The summed E-state index contributed by atoms with van der Waals surface area (Å²) in [5.41, 5.74) is -0.0267. The molecule has 0 unspecified atom stereocenters. The van der Waals surface area contributed by atoms with Crippen LogP contribution in [0.4, 0.5) is 0 Å². The van der Waals surface area contributed by atoms with E-state index < -0.39 is 11.9 Å². The van der Waals surface area contributed by atoms with E-state index in [1.54, 1.807) is 6.92 Å². The minimum atomic E-state index is -1.22. The summed E-state index contributed by atoms with van der Waals surface area (Å²) in [6.45, 7) is 3.38. The second kappa shape index (κ2) is 4.61. The van der Waals surface area contributed by atoms with Crippen molar-refractivity contribution in [1.82, 2.24) is 4.98 Å². The molecule has 0 saturated heterocycles. The lowest BCUT2D eigenvalue weighted by atomic mass is 10.1. The Morgan fingerprint density at radius 3 is 2.44 bits per heavy atom. The van der Waals surface area contributed by atoms with Gasteiger partial charge >= 0.3 is 11.9 Å². The van der Waals surface area contributed by atoms with Crippen LogP contribution in [0.1, 0.15) is 33.3 Å². The highest BCUT2D eigenvalue weighted by Gasteiger charge is 2.19. The van der Waals surface area contributed by atoms with E-state index in [9.17, 15) is 9.59 Å². The van der Waals surface area contributed by atoms with E-state index in [0.717, 1.165) is 0 Å². The first-order valence-corrected chi connectivity index (χ1v) is 4.58. The highest BCUT2D eigenvalue weighted by atomic mass is 16.5. The molecule has 0 bridgehead atoms. The Hall–Kier alpha value is -2.11. The Morgan fingerprint density at radius 1 is 1.38 bits per heavy atom. The number of aromatic carboxylic acids is 2. The van der Waals surface area contributed by atoms with Crippen molar-refractivity contribution >= 4 is 11.9 Å². The van der Waals surface area contributed by atoms with Crippen LogP contribution in [0.5, 0.6) is 5.88 Å². The second-order valence-electron chi connectivity index (χ2n) is 3.05. The number of hydrogen-bond donors (Lipinski definition) is 2. The molecule has 0 aliphatic heterocycles. The maximum atomic E-state index is 10.9. The fourth-order valence-corrected chi connectivity index (χ4v) is 1.25. The van der Waals surface area contributed by atoms with Gasteiger partial charge in [0, 0.05) is 0 Å². The first-order valence-electron chi connectivity index (χ1n) is 4.58. The number of nitrogens with zero attached hydrogens (tertiary/aromatic N) is 1. The Morgan fingerprint density at radius 2 is 2.00 bits per heavy atom. The zero-order valence-corrected chi connectivity index (χ0v) is 8.85. The summed E-state index contributed by atoms with van der Waals surface area (Å²) in [5, 5.41) is 17.7. The van der Waals surface area contributed by atoms with Crippen LogP contribution >= 0.6 is 0 Å². The van der Waals surface area contributed by atoms with Crippen LogP contribution in [0.15, 0.2) is 6.07 Å². The van der Waals surface area contributed by atoms with Crippen molar-refractivity contribution < 1.29 is 24.5 Å². The van der Waals surface area contributed by atoms with E-state index in [-0.39, 0.29) is 23.7 Å². The fraction of sp³-hybridized carbons (Fsp3) is 0.300. The SMILES string of the molecule is CCOc1nc(C(=O)O)cc(C)c1C(=O)O. The molecule has 0 saturated carbocycles. The largest absolute Gasteiger partial charge is 0.477 e. The van der Waals surface area contributed by atoms with Crippen molar-refractivity contribution in [2.24, 2.45) is 0 Å². The van der Waals surface area contributed by atoms with Crippen molar-refractivity contribution in [1.29, 1.82) is 0 Å². The molecule has 0 amide bonds. The molecule has 1 aromatic rings. The highest BCUT2D eigenvalue weighted by molar-refractivity contribution is 5.94. The molecule has 0 radical (unpaired) electrons. The third-order valence-corrected chi connectivity index (χ3v) is 1.90. The van der Waals surface area contributed by atoms with Crippen LogP contribution in [0, 0.1) is 6.92 Å². The summed E-state index contributed by atoms with van der Waals surface area (Å²) >= 11 is 0. The minimum Gasteiger partial charge on any atom is -0.477 e. The molecule has 0 atom stereocenters. The number of rotatable bonds is 4. The van der Waals surface area contributed by atoms with Gasteiger partial charge in [0.15, 0.2) is 5.69 Å². The van der Waals surface area contributed by atoms with Gasteiger partial charge in [0.25, 0.3) is 0 Å². The molecule has 6 heteroatoms. The molecule has 1 aromatic heterocycles. The van der Waals surface area contributed by atoms with Crippen molar-refractivity contribution in [2.45, 2.75) is 13.8 Å². The molecule has 1 heterocycles. The van der Waals surface area contributed by atoms with E-state index in [1.165, 1.54) is 13.0 Å². The molecule has 86 valence electrons. The predicted octanol–water partition coefficient (Wildman–Crippen LogP) is 1.19. The number of aromatic nitrogens is 1. The zero-order chi connectivity index (χ0) is 12.3. The first kappa shape index (κ1) is 12.0. The Labute approximate surface area is 91.5 Å². The molecule has 16 heavy (non-hydrogen) atoms. The van der Waals surface area contributed by atoms with Gasteiger partial charge in [-0.2, -0.15) is 0 Å². The topological polar surface area (TPSA) is 96.7 Å². The van der Waals surface area contributed by atoms with Gasteiger partial charge in [-0.05, 0) is 25.5 Å². The standard InChI is InChI=1S/C10H11NO5/c1-3-16-8-7(10(14)15)5(2)4-6(11-8)9(12)13/h4H,3H2,1-2H3,(H,12,13)(H,14,15). The zero-order valence-electron chi connectivity index (χ0n) is 8.85. The Kier molecular flexibility index (Phi) is 3.44. The molecular weight excluding hydrogens is 214 g/mol. The van der Waals surface area contributed by atoms with Crippen LogP contribution < -0.4 is 4.74 Å². The van der Waals surface area contributed by atoms with Gasteiger partial charge in [-0.1, -0.05) is 0 Å². The predicted molar refractivity (Wildman–Crippen MR) is 54.1 cm³/mol. The smallest absolute Gasteiger partial charge is 0.354 e. The van der Waals surface area contributed by atoms with E-state index in [1.807, 2.05) is 0 Å². The van der Waals surface area contributed by atoms with Gasteiger partial charge in [-0.3, -0.25) is 0 Å². The first-order chi connectivity index (χ1) is 7.47. The quantitative estimate of drug-likeness (QED) is 0.798. The number of aryl methyl sites for hydroxylation is 1. The van der Waals surface area contributed by atoms with Crippen LogP contribution in [0.3, 0.4) is 0 Å². The molecule has 6 nitrogen and oxygen atoms in total.